The fraction of sp³-hybridized carbons (Fsp3) is 0.967. The van der Waals surface area contributed by atoms with Crippen molar-refractivity contribution in [3.63, 3.8) is 0 Å². The fourth-order valence-corrected chi connectivity index (χ4v) is 11.2. The van der Waals surface area contributed by atoms with Crippen LogP contribution in [-0.2, 0) is 4.79 Å². The molecule has 5 aliphatic carbocycles. The van der Waals surface area contributed by atoms with E-state index in [-0.39, 0.29) is 16.7 Å². The number of aliphatic hydroxyl groups excluding tert-OH is 1. The van der Waals surface area contributed by atoms with Crippen LogP contribution in [0.5, 0.6) is 0 Å². The van der Waals surface area contributed by atoms with Gasteiger partial charge in [0.2, 0.25) is 0 Å². The molecular weight excluding hydrogens is 392 g/mol. The molecule has 0 aromatic heterocycles. The van der Waals surface area contributed by atoms with Gasteiger partial charge in [0, 0.05) is 18.9 Å². The van der Waals surface area contributed by atoms with E-state index in [1.54, 1.807) is 0 Å². The summed E-state index contributed by atoms with van der Waals surface area (Å²) in [6.45, 7) is 18.0. The van der Waals surface area contributed by atoms with Crippen molar-refractivity contribution in [3.05, 3.63) is 0 Å². The smallest absolute Gasteiger partial charge is 0.136 e. The van der Waals surface area contributed by atoms with Crippen molar-refractivity contribution >= 4 is 5.78 Å². The van der Waals surface area contributed by atoms with E-state index in [0.717, 1.165) is 24.7 Å². The third kappa shape index (κ3) is 2.71. The fourth-order valence-electron chi connectivity index (χ4n) is 11.2. The number of rotatable bonds is 1. The van der Waals surface area contributed by atoms with Gasteiger partial charge in [-0.1, -0.05) is 48.5 Å². The molecule has 0 amide bonds. The van der Waals surface area contributed by atoms with E-state index in [2.05, 4.69) is 48.5 Å². The van der Waals surface area contributed by atoms with Gasteiger partial charge in [0.25, 0.3) is 0 Å². The van der Waals surface area contributed by atoms with Crippen LogP contribution < -0.4 is 0 Å². The van der Waals surface area contributed by atoms with Gasteiger partial charge in [0.15, 0.2) is 0 Å². The van der Waals surface area contributed by atoms with Gasteiger partial charge in [0.1, 0.15) is 5.78 Å². The standard InChI is InChI=1S/C30H50O2/c1-20-21(32)8-9-22-27(20,4)11-10-23-28(22,5)15-17-30(7)24-18-25(2,19-31)12-13-26(24,3)14-16-29(23,30)6/h20,22-24,31H,8-19H2,1-7H3/t20-,22+,23+,24+,25+,26+,27+,28-,29-,30-/m0/s1. The average Bonchev–Trinajstić information content (AvgIpc) is 2.75. The first-order chi connectivity index (χ1) is 14.8. The Morgan fingerprint density at radius 1 is 0.750 bits per heavy atom. The van der Waals surface area contributed by atoms with Gasteiger partial charge in [-0.05, 0) is 114 Å². The van der Waals surface area contributed by atoms with Crippen LogP contribution in [0.25, 0.3) is 0 Å². The summed E-state index contributed by atoms with van der Waals surface area (Å²) >= 11 is 0. The molecule has 0 saturated heterocycles. The van der Waals surface area contributed by atoms with E-state index in [1.165, 1.54) is 57.8 Å². The Kier molecular flexibility index (Phi) is 5.01. The Bertz CT molecular complexity index is 805. The van der Waals surface area contributed by atoms with Gasteiger partial charge in [-0.25, -0.2) is 0 Å². The molecule has 5 aliphatic rings. The summed E-state index contributed by atoms with van der Waals surface area (Å²) in [5, 5.41) is 10.3. The van der Waals surface area contributed by atoms with Crippen LogP contribution in [0, 0.1) is 56.2 Å². The molecule has 0 unspecified atom stereocenters. The Balaban J connectivity index is 1.54. The normalized spacial score (nSPS) is 60.1. The number of carbonyl (C=O) groups is 1. The Morgan fingerprint density at radius 2 is 1.38 bits per heavy atom. The van der Waals surface area contributed by atoms with E-state index in [0.29, 0.717) is 40.0 Å². The molecule has 32 heavy (non-hydrogen) atoms. The highest BCUT2D eigenvalue weighted by molar-refractivity contribution is 5.82. The third-order valence-corrected chi connectivity index (χ3v) is 14.0. The van der Waals surface area contributed by atoms with Crippen molar-refractivity contribution < 1.29 is 9.90 Å². The van der Waals surface area contributed by atoms with Gasteiger partial charge >= 0.3 is 0 Å². The lowest BCUT2D eigenvalue weighted by Crippen LogP contribution is -2.67. The Labute approximate surface area is 197 Å². The minimum atomic E-state index is 0.108. The predicted octanol–water partition coefficient (Wildman–Crippen LogP) is 7.43. The maximum Gasteiger partial charge on any atom is 0.136 e. The summed E-state index contributed by atoms with van der Waals surface area (Å²) in [6, 6.07) is 0. The number of carbonyl (C=O) groups excluding carboxylic acids is 1. The molecule has 2 nitrogen and oxygen atoms in total. The molecule has 0 radical (unpaired) electrons. The first-order valence-electron chi connectivity index (χ1n) is 13.9. The van der Waals surface area contributed by atoms with Crippen LogP contribution in [0.15, 0.2) is 0 Å². The molecule has 5 fully saturated rings. The quantitative estimate of drug-likeness (QED) is 0.458. The number of hydrogen-bond donors (Lipinski definition) is 1. The molecule has 0 aromatic rings. The first-order valence-corrected chi connectivity index (χ1v) is 13.9. The molecular formula is C30H50O2. The summed E-state index contributed by atoms with van der Waals surface area (Å²) in [4.78, 5) is 12.7. The molecule has 0 aliphatic heterocycles. The molecule has 0 bridgehead atoms. The van der Waals surface area contributed by atoms with E-state index in [1.807, 2.05) is 0 Å². The molecule has 5 saturated carbocycles. The van der Waals surface area contributed by atoms with E-state index < -0.39 is 0 Å². The molecule has 0 spiro atoms. The number of fused-ring (bicyclic) bond motifs is 7. The zero-order valence-electron chi connectivity index (χ0n) is 22.2. The van der Waals surface area contributed by atoms with Crippen molar-refractivity contribution in [2.24, 2.45) is 56.2 Å². The summed E-state index contributed by atoms with van der Waals surface area (Å²) in [5.74, 6) is 2.96. The summed E-state index contributed by atoms with van der Waals surface area (Å²) in [6.07, 6.45) is 13.6. The van der Waals surface area contributed by atoms with Crippen LogP contribution in [0.3, 0.4) is 0 Å². The van der Waals surface area contributed by atoms with Crippen LogP contribution in [0.2, 0.25) is 0 Å². The number of hydrogen-bond acceptors (Lipinski definition) is 2. The first kappa shape index (κ1) is 23.4. The lowest BCUT2D eigenvalue weighted by Gasteiger charge is -2.74. The van der Waals surface area contributed by atoms with Crippen LogP contribution in [0.4, 0.5) is 0 Å². The highest BCUT2D eigenvalue weighted by Gasteiger charge is 2.70. The third-order valence-electron chi connectivity index (χ3n) is 14.0. The van der Waals surface area contributed by atoms with Crippen molar-refractivity contribution in [2.75, 3.05) is 6.61 Å². The maximum absolute atomic E-state index is 12.7. The van der Waals surface area contributed by atoms with Gasteiger partial charge in [-0.3, -0.25) is 4.79 Å². The maximum atomic E-state index is 12.7. The second kappa shape index (κ2) is 6.86. The topological polar surface area (TPSA) is 37.3 Å². The minimum absolute atomic E-state index is 0.108. The van der Waals surface area contributed by atoms with Crippen molar-refractivity contribution in [1.82, 2.24) is 0 Å². The Hall–Kier alpha value is -0.370. The number of ketones is 1. The molecule has 0 aromatic carbocycles. The van der Waals surface area contributed by atoms with Crippen LogP contribution in [0.1, 0.15) is 119 Å². The summed E-state index contributed by atoms with van der Waals surface area (Å²) in [7, 11) is 0. The zero-order chi connectivity index (χ0) is 23.4. The molecule has 0 heterocycles. The van der Waals surface area contributed by atoms with Crippen LogP contribution in [-0.4, -0.2) is 17.5 Å². The van der Waals surface area contributed by atoms with E-state index in [4.69, 9.17) is 0 Å². The number of Topliss-reactive ketones (excluding diaryl/α,β-unsaturated/α-hetero) is 1. The molecule has 5 rings (SSSR count). The molecule has 2 heteroatoms. The lowest BCUT2D eigenvalue weighted by molar-refractivity contribution is -0.258. The van der Waals surface area contributed by atoms with E-state index in [9.17, 15) is 9.90 Å². The average molecular weight is 443 g/mol. The van der Waals surface area contributed by atoms with E-state index >= 15 is 0 Å². The Morgan fingerprint density at radius 3 is 2.06 bits per heavy atom. The van der Waals surface area contributed by atoms with Gasteiger partial charge in [0.05, 0.1) is 0 Å². The summed E-state index contributed by atoms with van der Waals surface area (Å²) < 4.78 is 0. The van der Waals surface area contributed by atoms with Crippen molar-refractivity contribution in [3.8, 4) is 0 Å². The highest BCUT2D eigenvalue weighted by Crippen LogP contribution is 2.78. The van der Waals surface area contributed by atoms with Crippen molar-refractivity contribution in [1.29, 1.82) is 0 Å². The SMILES string of the molecule is C[C@H]1C(=O)CC[C@H]2[C@]3(C)CC[C@@]4(C)[C@@H]5C[C@](C)(CO)CC[C@]5(C)CC[C@@]4(C)[C@@H]3CC[C@@]21C. The largest absolute Gasteiger partial charge is 0.396 e. The number of aliphatic hydroxyl groups is 1. The predicted molar refractivity (Wildman–Crippen MR) is 131 cm³/mol. The van der Waals surface area contributed by atoms with Gasteiger partial charge in [-0.15, -0.1) is 0 Å². The van der Waals surface area contributed by atoms with Crippen molar-refractivity contribution in [2.45, 2.75) is 119 Å². The molecule has 182 valence electrons. The second-order valence-corrected chi connectivity index (χ2v) is 15.1. The van der Waals surface area contributed by atoms with Gasteiger partial charge in [-0.2, -0.15) is 0 Å². The zero-order valence-corrected chi connectivity index (χ0v) is 22.2. The summed E-state index contributed by atoms with van der Waals surface area (Å²) in [5.41, 5.74) is 1.88. The van der Waals surface area contributed by atoms with Gasteiger partial charge < -0.3 is 5.11 Å². The highest BCUT2D eigenvalue weighted by atomic mass is 16.3. The second-order valence-electron chi connectivity index (χ2n) is 15.1. The molecule has 10 atom stereocenters. The minimum Gasteiger partial charge on any atom is -0.396 e. The monoisotopic (exact) mass is 442 g/mol. The van der Waals surface area contributed by atoms with Crippen LogP contribution >= 0.6 is 0 Å². The molecule has 1 N–H and O–H groups in total. The lowest BCUT2D eigenvalue weighted by atomic mass is 9.30.